The Hall–Kier alpha value is -2.14. The fraction of sp³-hybridized carbons (Fsp3) is 0.350. The highest BCUT2D eigenvalue weighted by molar-refractivity contribution is 8.00. The number of ether oxygens (including phenoxy) is 2. The van der Waals surface area contributed by atoms with Crippen LogP contribution in [0, 0.1) is 6.92 Å². The number of carbonyl (C=O) groups is 1. The fourth-order valence-electron chi connectivity index (χ4n) is 2.78. The van der Waals surface area contributed by atoms with E-state index in [1.54, 1.807) is 0 Å². The van der Waals surface area contributed by atoms with Gasteiger partial charge in [0.1, 0.15) is 13.2 Å². The van der Waals surface area contributed by atoms with E-state index in [1.807, 2.05) is 37.3 Å². The number of thioether (sulfide) groups is 1. The Morgan fingerprint density at radius 2 is 1.92 bits per heavy atom. The van der Waals surface area contributed by atoms with Gasteiger partial charge in [0.25, 0.3) is 0 Å². The van der Waals surface area contributed by atoms with Gasteiger partial charge in [0.2, 0.25) is 5.91 Å². The van der Waals surface area contributed by atoms with Gasteiger partial charge in [-0.15, -0.1) is 11.8 Å². The molecule has 5 heteroatoms. The number of nitrogens with one attached hydrogen (secondary N) is 1. The molecule has 0 aromatic heterocycles. The molecule has 1 amide bonds. The summed E-state index contributed by atoms with van der Waals surface area (Å²) in [5.41, 5.74) is 3.19. The molecule has 3 rings (SSSR count). The summed E-state index contributed by atoms with van der Waals surface area (Å²) in [6.07, 6.45) is 0. The molecule has 1 N–H and O–H groups in total. The van der Waals surface area contributed by atoms with Gasteiger partial charge in [-0.3, -0.25) is 4.79 Å². The minimum absolute atomic E-state index is 0.00362. The maximum atomic E-state index is 12.4. The highest BCUT2D eigenvalue weighted by Crippen LogP contribution is 2.34. The molecule has 0 spiro atoms. The Morgan fingerprint density at radius 1 is 1.16 bits per heavy atom. The molecule has 0 unspecified atom stereocenters. The number of benzene rings is 2. The van der Waals surface area contributed by atoms with Gasteiger partial charge in [-0.2, -0.15) is 0 Å². The Morgan fingerprint density at radius 3 is 2.68 bits per heavy atom. The molecule has 0 bridgehead atoms. The minimum Gasteiger partial charge on any atom is -0.486 e. The molecule has 25 heavy (non-hydrogen) atoms. The molecular formula is C20H23NO3S. The zero-order valence-electron chi connectivity index (χ0n) is 14.8. The van der Waals surface area contributed by atoms with E-state index in [0.29, 0.717) is 24.9 Å². The first-order valence-electron chi connectivity index (χ1n) is 8.46. The van der Waals surface area contributed by atoms with Gasteiger partial charge in [-0.25, -0.2) is 0 Å². The van der Waals surface area contributed by atoms with Crippen molar-refractivity contribution in [3.63, 3.8) is 0 Å². The number of rotatable bonds is 5. The van der Waals surface area contributed by atoms with E-state index in [4.69, 9.17) is 9.47 Å². The van der Waals surface area contributed by atoms with Crippen LogP contribution < -0.4 is 14.8 Å². The van der Waals surface area contributed by atoms with Crippen molar-refractivity contribution in [2.75, 3.05) is 24.3 Å². The van der Waals surface area contributed by atoms with E-state index < -0.39 is 0 Å². The Balaban J connectivity index is 1.64. The van der Waals surface area contributed by atoms with E-state index in [1.165, 1.54) is 11.8 Å². The molecule has 1 aliphatic heterocycles. The minimum atomic E-state index is -0.00362. The van der Waals surface area contributed by atoms with Crippen LogP contribution in [-0.2, 0) is 4.79 Å². The van der Waals surface area contributed by atoms with E-state index in [9.17, 15) is 4.79 Å². The number of anilines is 1. The molecular weight excluding hydrogens is 334 g/mol. The Kier molecular flexibility index (Phi) is 5.53. The largest absolute Gasteiger partial charge is 0.486 e. The van der Waals surface area contributed by atoms with Crippen molar-refractivity contribution in [1.82, 2.24) is 0 Å². The highest BCUT2D eigenvalue weighted by Gasteiger charge is 2.14. The van der Waals surface area contributed by atoms with Crippen molar-refractivity contribution in [2.24, 2.45) is 0 Å². The predicted octanol–water partition coefficient (Wildman–Crippen LogP) is 4.62. The normalized spacial score (nSPS) is 13.0. The van der Waals surface area contributed by atoms with Crippen LogP contribution in [0.1, 0.15) is 30.9 Å². The first-order chi connectivity index (χ1) is 12.0. The van der Waals surface area contributed by atoms with Gasteiger partial charge in [0.05, 0.1) is 5.75 Å². The summed E-state index contributed by atoms with van der Waals surface area (Å²) in [5, 5.41) is 3.08. The topological polar surface area (TPSA) is 47.6 Å². The second-order valence-electron chi connectivity index (χ2n) is 6.34. The van der Waals surface area contributed by atoms with Crippen LogP contribution in [0.5, 0.6) is 11.5 Å². The lowest BCUT2D eigenvalue weighted by Crippen LogP contribution is -2.17. The number of aryl methyl sites for hydroxylation is 1. The lowest BCUT2D eigenvalue weighted by molar-refractivity contribution is -0.113. The molecule has 1 aliphatic rings. The number of para-hydroxylation sites is 1. The summed E-state index contributed by atoms with van der Waals surface area (Å²) in [6, 6.07) is 11.9. The van der Waals surface area contributed by atoms with Crippen LogP contribution in [0.3, 0.4) is 0 Å². The van der Waals surface area contributed by atoms with Gasteiger partial charge in [0, 0.05) is 10.6 Å². The molecule has 2 aromatic rings. The summed E-state index contributed by atoms with van der Waals surface area (Å²) in [5.74, 6) is 2.22. The average Bonchev–Trinajstić information content (AvgIpc) is 2.61. The van der Waals surface area contributed by atoms with Crippen molar-refractivity contribution >= 4 is 23.4 Å². The van der Waals surface area contributed by atoms with E-state index in [2.05, 4.69) is 25.2 Å². The van der Waals surface area contributed by atoms with Gasteiger partial charge in [0.15, 0.2) is 11.5 Å². The second kappa shape index (κ2) is 7.83. The van der Waals surface area contributed by atoms with Crippen LogP contribution in [0.4, 0.5) is 5.69 Å². The first-order valence-corrected chi connectivity index (χ1v) is 9.45. The molecule has 4 nitrogen and oxygen atoms in total. The van der Waals surface area contributed by atoms with Gasteiger partial charge >= 0.3 is 0 Å². The Bertz CT molecular complexity index is 774. The maximum Gasteiger partial charge on any atom is 0.234 e. The molecule has 1 heterocycles. The van der Waals surface area contributed by atoms with Gasteiger partial charge in [-0.05, 0) is 42.2 Å². The summed E-state index contributed by atoms with van der Waals surface area (Å²) in [4.78, 5) is 13.4. The Labute approximate surface area is 152 Å². The molecule has 0 aliphatic carbocycles. The van der Waals surface area contributed by atoms with Crippen LogP contribution in [0.2, 0.25) is 0 Å². The predicted molar refractivity (Wildman–Crippen MR) is 102 cm³/mol. The molecule has 0 saturated heterocycles. The lowest BCUT2D eigenvalue weighted by atomic mass is 9.98. The number of fused-ring (bicyclic) bond motifs is 1. The van der Waals surface area contributed by atoms with Crippen molar-refractivity contribution in [3.8, 4) is 11.5 Å². The molecule has 132 valence electrons. The maximum absolute atomic E-state index is 12.4. The summed E-state index contributed by atoms with van der Waals surface area (Å²) >= 11 is 1.49. The van der Waals surface area contributed by atoms with Crippen molar-refractivity contribution in [2.45, 2.75) is 31.6 Å². The highest BCUT2D eigenvalue weighted by atomic mass is 32.2. The van der Waals surface area contributed by atoms with E-state index in [0.717, 1.165) is 33.2 Å². The SMILES string of the molecule is Cc1cccc(C(C)C)c1NC(=O)CSc1ccc2c(c1)OCCO2. The molecule has 0 fully saturated rings. The number of hydrogen-bond acceptors (Lipinski definition) is 4. The molecule has 0 saturated carbocycles. The van der Waals surface area contributed by atoms with Gasteiger partial charge < -0.3 is 14.8 Å². The fourth-order valence-corrected chi connectivity index (χ4v) is 3.50. The monoisotopic (exact) mass is 357 g/mol. The van der Waals surface area contributed by atoms with E-state index >= 15 is 0 Å². The quantitative estimate of drug-likeness (QED) is 0.793. The summed E-state index contributed by atoms with van der Waals surface area (Å²) in [7, 11) is 0. The smallest absolute Gasteiger partial charge is 0.234 e. The third kappa shape index (κ3) is 4.28. The average molecular weight is 357 g/mol. The second-order valence-corrected chi connectivity index (χ2v) is 7.38. The third-order valence-electron chi connectivity index (χ3n) is 4.08. The van der Waals surface area contributed by atoms with Crippen LogP contribution in [0.15, 0.2) is 41.3 Å². The lowest BCUT2D eigenvalue weighted by Gasteiger charge is -2.19. The number of amides is 1. The first kappa shape index (κ1) is 17.7. The number of hydrogen-bond donors (Lipinski definition) is 1. The van der Waals surface area contributed by atoms with Crippen LogP contribution in [-0.4, -0.2) is 24.9 Å². The van der Waals surface area contributed by atoms with Crippen LogP contribution in [0.25, 0.3) is 0 Å². The van der Waals surface area contributed by atoms with E-state index in [-0.39, 0.29) is 5.91 Å². The molecule has 0 atom stereocenters. The zero-order valence-corrected chi connectivity index (χ0v) is 15.6. The zero-order chi connectivity index (χ0) is 17.8. The van der Waals surface area contributed by atoms with Crippen LogP contribution >= 0.6 is 11.8 Å². The van der Waals surface area contributed by atoms with Crippen molar-refractivity contribution in [3.05, 3.63) is 47.5 Å². The molecule has 2 aromatic carbocycles. The third-order valence-corrected chi connectivity index (χ3v) is 5.07. The van der Waals surface area contributed by atoms with Crippen molar-refractivity contribution in [1.29, 1.82) is 0 Å². The number of carbonyl (C=O) groups excluding carboxylic acids is 1. The summed E-state index contributed by atoms with van der Waals surface area (Å²) < 4.78 is 11.1. The standard InChI is InChI=1S/C20H23NO3S/c1-13(2)16-6-4-5-14(3)20(16)21-19(22)12-25-15-7-8-17-18(11-15)24-10-9-23-17/h4-8,11,13H,9-10,12H2,1-3H3,(H,21,22). The van der Waals surface area contributed by atoms with Crippen molar-refractivity contribution < 1.29 is 14.3 Å². The molecule has 0 radical (unpaired) electrons. The summed E-state index contributed by atoms with van der Waals surface area (Å²) in [6.45, 7) is 7.43. The van der Waals surface area contributed by atoms with Gasteiger partial charge in [-0.1, -0.05) is 32.0 Å².